The molecule has 178 valence electrons. The van der Waals surface area contributed by atoms with Gasteiger partial charge in [-0.2, -0.15) is 0 Å². The zero-order valence-electron chi connectivity index (χ0n) is 19.5. The third-order valence-corrected chi connectivity index (χ3v) is 6.12. The number of anilines is 1. The number of nitrogens with one attached hydrogen (secondary N) is 2. The van der Waals surface area contributed by atoms with Gasteiger partial charge < -0.3 is 25.0 Å². The maximum atomic E-state index is 6.34. The van der Waals surface area contributed by atoms with E-state index in [1.165, 1.54) is 24.1 Å². The highest BCUT2D eigenvalue weighted by Gasteiger charge is 2.20. The smallest absolute Gasteiger partial charge is 0.191 e. The Morgan fingerprint density at radius 2 is 1.70 bits per heavy atom. The van der Waals surface area contributed by atoms with Gasteiger partial charge in [-0.15, -0.1) is 24.0 Å². The summed E-state index contributed by atoms with van der Waals surface area (Å²) in [7, 11) is 3.49. The van der Waals surface area contributed by atoms with Crippen LogP contribution in [0.25, 0.3) is 0 Å². The Balaban J connectivity index is 0.00000306. The third kappa shape index (κ3) is 6.79. The number of hydrogen-bond donors (Lipinski definition) is 2. The molecular formula is C26H35IN4O2. The summed E-state index contributed by atoms with van der Waals surface area (Å²) in [4.78, 5) is 6.72. The molecule has 0 bridgehead atoms. The molecule has 1 aliphatic carbocycles. The summed E-state index contributed by atoms with van der Waals surface area (Å²) in [5.41, 5.74) is 3.55. The van der Waals surface area contributed by atoms with E-state index >= 15 is 0 Å². The van der Waals surface area contributed by atoms with Gasteiger partial charge >= 0.3 is 0 Å². The highest BCUT2D eigenvalue weighted by Crippen LogP contribution is 2.34. The Kier molecular flexibility index (Phi) is 9.72. The van der Waals surface area contributed by atoms with E-state index in [1.54, 1.807) is 14.2 Å². The van der Waals surface area contributed by atoms with Gasteiger partial charge in [-0.05, 0) is 49.4 Å². The van der Waals surface area contributed by atoms with Crippen molar-refractivity contribution in [2.24, 2.45) is 4.99 Å². The van der Waals surface area contributed by atoms with E-state index in [9.17, 15) is 0 Å². The maximum absolute atomic E-state index is 6.34. The van der Waals surface area contributed by atoms with Crippen molar-refractivity contribution in [3.8, 4) is 11.5 Å². The van der Waals surface area contributed by atoms with E-state index in [1.807, 2.05) is 12.1 Å². The second-order valence-electron chi connectivity index (χ2n) is 8.29. The zero-order valence-corrected chi connectivity index (χ0v) is 21.9. The van der Waals surface area contributed by atoms with Crippen molar-refractivity contribution in [1.29, 1.82) is 0 Å². The van der Waals surface area contributed by atoms with Crippen molar-refractivity contribution in [1.82, 2.24) is 10.6 Å². The lowest BCUT2D eigenvalue weighted by Gasteiger charge is -2.20. The molecule has 1 heterocycles. The van der Waals surface area contributed by atoms with Gasteiger partial charge in [0.2, 0.25) is 0 Å². The lowest BCUT2D eigenvalue weighted by atomic mass is 10.1. The average molecular weight is 562 g/mol. The Hall–Kier alpha value is -2.42. The van der Waals surface area contributed by atoms with E-state index in [4.69, 9.17) is 9.47 Å². The lowest BCUT2D eigenvalue weighted by Crippen LogP contribution is -2.36. The van der Waals surface area contributed by atoms with Crippen LogP contribution in [0.3, 0.4) is 0 Å². The van der Waals surface area contributed by atoms with E-state index < -0.39 is 0 Å². The molecule has 1 fully saturated rings. The van der Waals surface area contributed by atoms with Gasteiger partial charge in [0, 0.05) is 44.5 Å². The highest BCUT2D eigenvalue weighted by molar-refractivity contribution is 14.0. The molecule has 6 nitrogen and oxygen atoms in total. The summed E-state index contributed by atoms with van der Waals surface area (Å²) in [6, 6.07) is 14.8. The number of nitrogens with zero attached hydrogens (tertiary/aromatic N) is 2. The first kappa shape index (κ1) is 25.2. The Labute approximate surface area is 214 Å². The molecule has 1 aliphatic heterocycles. The van der Waals surface area contributed by atoms with Crippen molar-refractivity contribution in [2.75, 3.05) is 32.1 Å². The van der Waals surface area contributed by atoms with E-state index in [0.29, 0.717) is 13.1 Å². The molecule has 0 atom stereocenters. The molecule has 0 aromatic heterocycles. The van der Waals surface area contributed by atoms with Crippen LogP contribution >= 0.6 is 24.0 Å². The van der Waals surface area contributed by atoms with E-state index in [-0.39, 0.29) is 30.1 Å². The lowest BCUT2D eigenvalue weighted by molar-refractivity contribution is 0.198. The number of guanidine groups is 1. The summed E-state index contributed by atoms with van der Waals surface area (Å²) < 4.78 is 11.9. The van der Waals surface area contributed by atoms with Crippen LogP contribution in [-0.4, -0.2) is 39.3 Å². The van der Waals surface area contributed by atoms with E-state index in [2.05, 4.69) is 63.0 Å². The number of halogens is 1. The second kappa shape index (κ2) is 12.7. The van der Waals surface area contributed by atoms with Gasteiger partial charge in [0.05, 0.1) is 13.2 Å². The number of aliphatic imine (C=N–C) groups is 1. The summed E-state index contributed by atoms with van der Waals surface area (Å²) in [6.45, 7) is 3.30. The first-order valence-corrected chi connectivity index (χ1v) is 11.5. The molecule has 4 rings (SSSR count). The topological polar surface area (TPSA) is 58.1 Å². The number of rotatable bonds is 8. The number of methoxy groups -OCH3 is 1. The molecule has 2 aliphatic rings. The Morgan fingerprint density at radius 1 is 1.00 bits per heavy atom. The molecule has 2 aromatic rings. The predicted molar refractivity (Wildman–Crippen MR) is 146 cm³/mol. The summed E-state index contributed by atoms with van der Waals surface area (Å²) in [5, 5.41) is 6.82. The molecule has 0 saturated heterocycles. The largest absolute Gasteiger partial charge is 0.493 e. The number of para-hydroxylation sites is 1. The van der Waals surface area contributed by atoms with Gasteiger partial charge in [-0.25, -0.2) is 0 Å². The minimum absolute atomic E-state index is 0. The van der Waals surface area contributed by atoms with Crippen LogP contribution in [0.1, 0.15) is 36.8 Å². The van der Waals surface area contributed by atoms with Crippen LogP contribution in [0.5, 0.6) is 11.5 Å². The summed E-state index contributed by atoms with van der Waals surface area (Å²) >= 11 is 0. The zero-order chi connectivity index (χ0) is 22.2. The molecular weight excluding hydrogens is 527 g/mol. The number of benzene rings is 2. The van der Waals surface area contributed by atoms with Gasteiger partial charge in [0.25, 0.3) is 0 Å². The fraction of sp³-hybridized carbons (Fsp3) is 0.423. The summed E-state index contributed by atoms with van der Waals surface area (Å²) in [6.07, 6.45) is 9.39. The maximum Gasteiger partial charge on any atom is 0.191 e. The van der Waals surface area contributed by atoms with Crippen LogP contribution < -0.4 is 25.0 Å². The molecule has 7 heteroatoms. The minimum atomic E-state index is 0. The Bertz CT molecular complexity index is 932. The van der Waals surface area contributed by atoms with Gasteiger partial charge in [-0.1, -0.05) is 36.4 Å². The molecule has 33 heavy (non-hydrogen) atoms. The van der Waals surface area contributed by atoms with Crippen LogP contribution in [0.15, 0.2) is 59.6 Å². The van der Waals surface area contributed by atoms with E-state index in [0.717, 1.165) is 49.0 Å². The van der Waals surface area contributed by atoms with Gasteiger partial charge in [-0.3, -0.25) is 4.99 Å². The molecule has 0 unspecified atom stereocenters. The van der Waals surface area contributed by atoms with Crippen LogP contribution in [-0.2, 0) is 13.1 Å². The molecule has 0 radical (unpaired) electrons. The fourth-order valence-electron chi connectivity index (χ4n) is 4.27. The van der Waals surface area contributed by atoms with Crippen molar-refractivity contribution < 1.29 is 9.47 Å². The van der Waals surface area contributed by atoms with Crippen molar-refractivity contribution in [2.45, 2.75) is 44.9 Å². The monoisotopic (exact) mass is 562 g/mol. The van der Waals surface area contributed by atoms with Gasteiger partial charge in [0.15, 0.2) is 17.5 Å². The molecule has 2 N–H and O–H groups in total. The standard InChI is InChI=1S/C26H34N4O2.HI/c1-27-26(28-18-20-12-14-22(15-13-20)30-16-5-6-17-30)29-19-21-8-7-11-24(31-2)25(21)32-23-9-3-4-10-23;/h5-8,11-15,23H,3-4,9-10,16-19H2,1-2H3,(H2,27,28,29);1H. The summed E-state index contributed by atoms with van der Waals surface area (Å²) in [5.74, 6) is 2.39. The first-order chi connectivity index (χ1) is 15.8. The van der Waals surface area contributed by atoms with Crippen molar-refractivity contribution >= 4 is 35.6 Å². The first-order valence-electron chi connectivity index (χ1n) is 11.5. The van der Waals surface area contributed by atoms with Crippen LogP contribution in [0.2, 0.25) is 0 Å². The number of ether oxygens (including phenoxy) is 2. The Morgan fingerprint density at radius 3 is 2.36 bits per heavy atom. The SMILES string of the molecule is CN=C(NCc1ccc(N2CC=CC2)cc1)NCc1cccc(OC)c1OC1CCCC1.I. The third-order valence-electron chi connectivity index (χ3n) is 6.12. The number of hydrogen-bond acceptors (Lipinski definition) is 4. The fourth-order valence-corrected chi connectivity index (χ4v) is 4.27. The molecule has 0 spiro atoms. The van der Waals surface area contributed by atoms with Crippen molar-refractivity contribution in [3.63, 3.8) is 0 Å². The molecule has 2 aromatic carbocycles. The molecule has 1 saturated carbocycles. The highest BCUT2D eigenvalue weighted by atomic mass is 127. The van der Waals surface area contributed by atoms with Crippen LogP contribution in [0, 0.1) is 0 Å². The normalized spacial score (nSPS) is 15.9. The van der Waals surface area contributed by atoms with Crippen molar-refractivity contribution in [3.05, 3.63) is 65.7 Å². The second-order valence-corrected chi connectivity index (χ2v) is 8.29. The van der Waals surface area contributed by atoms with Crippen LogP contribution in [0.4, 0.5) is 5.69 Å². The minimum Gasteiger partial charge on any atom is -0.493 e. The van der Waals surface area contributed by atoms with Gasteiger partial charge in [0.1, 0.15) is 0 Å². The average Bonchev–Trinajstić information content (AvgIpc) is 3.55. The molecule has 0 amide bonds. The quantitative estimate of drug-likeness (QED) is 0.208. The predicted octanol–water partition coefficient (Wildman–Crippen LogP) is 4.88.